The number of rotatable bonds is 9. The lowest BCUT2D eigenvalue weighted by Crippen LogP contribution is -2.10. The van der Waals surface area contributed by atoms with Crippen molar-refractivity contribution in [3.8, 4) is 23.1 Å². The van der Waals surface area contributed by atoms with Gasteiger partial charge in [-0.25, -0.2) is 9.97 Å². The number of ether oxygens (including phenoxy) is 1. The number of thioether (sulfide) groups is 1. The van der Waals surface area contributed by atoms with Crippen LogP contribution in [0, 0.1) is 11.3 Å². The first kappa shape index (κ1) is 22.4. The van der Waals surface area contributed by atoms with Crippen LogP contribution in [0.1, 0.15) is 16.7 Å². The third-order valence-electron chi connectivity index (χ3n) is 5.12. The van der Waals surface area contributed by atoms with Gasteiger partial charge in [-0.05, 0) is 41.8 Å². The zero-order valence-electron chi connectivity index (χ0n) is 18.4. The summed E-state index contributed by atoms with van der Waals surface area (Å²) >= 11 is 1.56. The lowest BCUT2D eigenvalue weighted by atomic mass is 10.1. The summed E-state index contributed by atoms with van der Waals surface area (Å²) in [6, 6.07) is 30.4. The molecule has 164 valence electrons. The molecule has 0 unspecified atom stereocenters. The molecule has 0 saturated carbocycles. The Hall–Kier alpha value is -3.82. The lowest BCUT2D eigenvalue weighted by molar-refractivity contribution is 0.415. The zero-order valence-corrected chi connectivity index (χ0v) is 19.2. The molecule has 6 heteroatoms. The van der Waals surface area contributed by atoms with Crippen molar-refractivity contribution in [3.05, 3.63) is 102 Å². The largest absolute Gasteiger partial charge is 0.497 e. The number of methoxy groups -OCH3 is 1. The van der Waals surface area contributed by atoms with Gasteiger partial charge in [0.15, 0.2) is 5.16 Å². The van der Waals surface area contributed by atoms with E-state index in [0.717, 1.165) is 23.5 Å². The number of nitrogens with zero attached hydrogens (tertiary/aromatic N) is 3. The van der Waals surface area contributed by atoms with E-state index < -0.39 is 0 Å². The summed E-state index contributed by atoms with van der Waals surface area (Å²) in [5, 5.41) is 14.0. The van der Waals surface area contributed by atoms with Crippen molar-refractivity contribution in [1.82, 2.24) is 9.97 Å². The summed E-state index contributed by atoms with van der Waals surface area (Å²) in [5.41, 5.74) is 4.33. The van der Waals surface area contributed by atoms with Crippen molar-refractivity contribution in [3.63, 3.8) is 0 Å². The highest BCUT2D eigenvalue weighted by Gasteiger charge is 2.17. The average Bonchev–Trinajstić information content (AvgIpc) is 2.88. The molecule has 4 aromatic rings. The quantitative estimate of drug-likeness (QED) is 0.249. The van der Waals surface area contributed by atoms with Gasteiger partial charge in [0.2, 0.25) is 0 Å². The monoisotopic (exact) mass is 452 g/mol. The van der Waals surface area contributed by atoms with Crippen LogP contribution in [0.3, 0.4) is 0 Å². The molecule has 33 heavy (non-hydrogen) atoms. The van der Waals surface area contributed by atoms with Gasteiger partial charge in [0.1, 0.15) is 23.2 Å². The van der Waals surface area contributed by atoms with Gasteiger partial charge in [-0.2, -0.15) is 5.26 Å². The fourth-order valence-electron chi connectivity index (χ4n) is 3.39. The predicted octanol–water partition coefficient (Wildman–Crippen LogP) is 5.97. The Morgan fingerprint density at radius 3 is 2.18 bits per heavy atom. The second-order valence-corrected chi connectivity index (χ2v) is 8.30. The molecule has 0 bridgehead atoms. The Morgan fingerprint density at radius 2 is 1.55 bits per heavy atom. The Kier molecular flexibility index (Phi) is 7.57. The van der Waals surface area contributed by atoms with Crippen molar-refractivity contribution >= 4 is 17.6 Å². The highest BCUT2D eigenvalue weighted by Crippen LogP contribution is 2.31. The Balaban J connectivity index is 1.63. The lowest BCUT2D eigenvalue weighted by Gasteiger charge is -2.13. The summed E-state index contributed by atoms with van der Waals surface area (Å²) in [6.07, 6.45) is 0.833. The number of anilines is 1. The summed E-state index contributed by atoms with van der Waals surface area (Å²) in [7, 11) is 1.63. The fourth-order valence-corrected chi connectivity index (χ4v) is 4.19. The molecule has 0 saturated heterocycles. The van der Waals surface area contributed by atoms with Crippen LogP contribution in [0.2, 0.25) is 0 Å². The Morgan fingerprint density at radius 1 is 0.879 bits per heavy atom. The second-order valence-electron chi connectivity index (χ2n) is 7.36. The van der Waals surface area contributed by atoms with Crippen molar-refractivity contribution in [1.29, 1.82) is 5.26 Å². The fraction of sp³-hybridized carbons (Fsp3) is 0.148. The molecule has 1 heterocycles. The SMILES string of the molecule is COc1ccc(-c2nc(SCc3ccccc3)nc(NCCc3ccccc3)c2C#N)cc1. The molecule has 0 amide bonds. The first-order valence-electron chi connectivity index (χ1n) is 10.7. The van der Waals surface area contributed by atoms with Crippen LogP contribution in [0.15, 0.2) is 90.1 Å². The molecule has 0 aliphatic carbocycles. The van der Waals surface area contributed by atoms with Crippen LogP contribution >= 0.6 is 11.8 Å². The maximum absolute atomic E-state index is 9.98. The maximum atomic E-state index is 9.98. The van der Waals surface area contributed by atoms with E-state index in [1.807, 2.05) is 60.7 Å². The zero-order chi connectivity index (χ0) is 22.9. The molecule has 1 aromatic heterocycles. The van der Waals surface area contributed by atoms with Crippen molar-refractivity contribution in [2.75, 3.05) is 19.0 Å². The topological polar surface area (TPSA) is 70.8 Å². The van der Waals surface area contributed by atoms with Crippen molar-refractivity contribution in [2.24, 2.45) is 0 Å². The summed E-state index contributed by atoms with van der Waals surface area (Å²) in [6.45, 7) is 0.667. The first-order valence-corrected chi connectivity index (χ1v) is 11.7. The normalized spacial score (nSPS) is 10.4. The minimum absolute atomic E-state index is 0.442. The summed E-state index contributed by atoms with van der Waals surface area (Å²) in [4.78, 5) is 9.46. The van der Waals surface area contributed by atoms with Crippen LogP contribution in [-0.4, -0.2) is 23.6 Å². The highest BCUT2D eigenvalue weighted by molar-refractivity contribution is 7.98. The molecule has 0 spiro atoms. The highest BCUT2D eigenvalue weighted by atomic mass is 32.2. The van der Waals surface area contributed by atoms with E-state index in [1.165, 1.54) is 11.1 Å². The van der Waals surface area contributed by atoms with Gasteiger partial charge < -0.3 is 10.1 Å². The first-order chi connectivity index (χ1) is 16.3. The molecule has 0 atom stereocenters. The number of benzene rings is 3. The van der Waals surface area contributed by atoms with E-state index >= 15 is 0 Å². The van der Waals surface area contributed by atoms with Crippen molar-refractivity contribution in [2.45, 2.75) is 17.3 Å². The average molecular weight is 453 g/mol. The molecule has 1 N–H and O–H groups in total. The predicted molar refractivity (Wildman–Crippen MR) is 133 cm³/mol. The van der Waals surface area contributed by atoms with Gasteiger partial charge >= 0.3 is 0 Å². The van der Waals surface area contributed by atoms with Gasteiger partial charge in [0.25, 0.3) is 0 Å². The van der Waals surface area contributed by atoms with Crippen LogP contribution < -0.4 is 10.1 Å². The van der Waals surface area contributed by atoms with Crippen molar-refractivity contribution < 1.29 is 4.74 Å². The Bertz CT molecular complexity index is 1220. The molecule has 3 aromatic carbocycles. The number of nitrogens with one attached hydrogen (secondary N) is 1. The van der Waals surface area contributed by atoms with Gasteiger partial charge in [-0.15, -0.1) is 0 Å². The van der Waals surface area contributed by atoms with Crippen LogP contribution in [0.5, 0.6) is 5.75 Å². The van der Waals surface area contributed by atoms with Gasteiger partial charge in [0.05, 0.1) is 12.8 Å². The molecule has 0 radical (unpaired) electrons. The number of hydrogen-bond acceptors (Lipinski definition) is 6. The van der Waals surface area contributed by atoms with Crippen LogP contribution in [-0.2, 0) is 12.2 Å². The van der Waals surface area contributed by atoms with E-state index in [1.54, 1.807) is 18.9 Å². The smallest absolute Gasteiger partial charge is 0.190 e. The number of nitriles is 1. The molecule has 0 aliphatic heterocycles. The van der Waals surface area contributed by atoms with E-state index in [2.05, 4.69) is 35.7 Å². The third kappa shape index (κ3) is 5.91. The molecule has 0 fully saturated rings. The van der Waals surface area contributed by atoms with Gasteiger partial charge in [-0.3, -0.25) is 0 Å². The Labute approximate surface area is 198 Å². The summed E-state index contributed by atoms with van der Waals surface area (Å²) < 4.78 is 5.28. The molecule has 0 aliphatic rings. The molecular formula is C27H24N4OS. The minimum Gasteiger partial charge on any atom is -0.497 e. The molecular weight excluding hydrogens is 428 g/mol. The van der Waals surface area contributed by atoms with E-state index in [-0.39, 0.29) is 0 Å². The van der Waals surface area contributed by atoms with Gasteiger partial charge in [-0.1, -0.05) is 72.4 Å². The summed E-state index contributed by atoms with van der Waals surface area (Å²) in [5.74, 6) is 2.06. The number of hydrogen-bond donors (Lipinski definition) is 1. The molecule has 4 rings (SSSR count). The van der Waals surface area contributed by atoms with E-state index in [4.69, 9.17) is 14.7 Å². The molecule has 5 nitrogen and oxygen atoms in total. The van der Waals surface area contributed by atoms with Gasteiger partial charge in [0, 0.05) is 17.9 Å². The minimum atomic E-state index is 0.442. The van der Waals surface area contributed by atoms with Crippen LogP contribution in [0.4, 0.5) is 5.82 Å². The number of aromatic nitrogens is 2. The third-order valence-corrected chi connectivity index (χ3v) is 6.04. The van der Waals surface area contributed by atoms with E-state index in [0.29, 0.717) is 28.8 Å². The second kappa shape index (κ2) is 11.2. The van der Waals surface area contributed by atoms with Crippen LogP contribution in [0.25, 0.3) is 11.3 Å². The maximum Gasteiger partial charge on any atom is 0.190 e. The standard InChI is InChI=1S/C27H24N4OS/c1-32-23-14-12-22(13-15-23)25-24(18-28)26(29-17-16-20-8-4-2-5-9-20)31-27(30-25)33-19-21-10-6-3-7-11-21/h2-15H,16-17,19H2,1H3,(H,29,30,31). The van der Waals surface area contributed by atoms with E-state index in [9.17, 15) is 5.26 Å².